The Morgan fingerprint density at radius 3 is 2.94 bits per heavy atom. The van der Waals surface area contributed by atoms with Crippen molar-refractivity contribution in [2.24, 2.45) is 5.41 Å². The number of nitrogens with one attached hydrogen (secondary N) is 1. The minimum absolute atomic E-state index is 0.194. The number of allylic oxidation sites excluding steroid dienone is 3. The van der Waals surface area contributed by atoms with Gasteiger partial charge in [-0.3, -0.25) is 9.89 Å². The highest BCUT2D eigenvalue weighted by Crippen LogP contribution is 2.36. The number of amides is 1. The zero-order chi connectivity index (χ0) is 12.8. The van der Waals surface area contributed by atoms with E-state index in [1.54, 1.807) is 6.20 Å². The van der Waals surface area contributed by atoms with E-state index in [0.29, 0.717) is 0 Å². The molecular formula is C13H16N4O. The highest BCUT2D eigenvalue weighted by atomic mass is 16.2. The molecule has 2 heterocycles. The second kappa shape index (κ2) is 3.80. The summed E-state index contributed by atoms with van der Waals surface area (Å²) in [7, 11) is 0. The van der Waals surface area contributed by atoms with Crippen LogP contribution in [0.2, 0.25) is 0 Å². The second-order valence-electron chi connectivity index (χ2n) is 5.51. The fourth-order valence-electron chi connectivity index (χ4n) is 2.46. The van der Waals surface area contributed by atoms with Crippen molar-refractivity contribution in [2.45, 2.75) is 26.2 Å². The summed E-state index contributed by atoms with van der Waals surface area (Å²) in [5.41, 5.74) is 1.69. The zero-order valence-corrected chi connectivity index (χ0v) is 10.6. The summed E-state index contributed by atoms with van der Waals surface area (Å²) in [6.07, 6.45) is 8.92. The van der Waals surface area contributed by atoms with Gasteiger partial charge in [0.1, 0.15) is 0 Å². The van der Waals surface area contributed by atoms with Crippen LogP contribution >= 0.6 is 0 Å². The van der Waals surface area contributed by atoms with Crippen LogP contribution in [0.1, 0.15) is 31.9 Å². The van der Waals surface area contributed by atoms with Crippen LogP contribution in [0.25, 0.3) is 0 Å². The molecular weight excluding hydrogens is 228 g/mol. The smallest absolute Gasteiger partial charge is 0.234 e. The second-order valence-corrected chi connectivity index (χ2v) is 5.51. The monoisotopic (exact) mass is 244 g/mol. The van der Waals surface area contributed by atoms with Gasteiger partial charge in [-0.15, -0.1) is 5.10 Å². The third-order valence-corrected chi connectivity index (χ3v) is 3.56. The van der Waals surface area contributed by atoms with E-state index < -0.39 is 0 Å². The van der Waals surface area contributed by atoms with Crippen molar-refractivity contribution in [3.63, 3.8) is 0 Å². The van der Waals surface area contributed by atoms with Crippen LogP contribution in [0.5, 0.6) is 0 Å². The lowest BCUT2D eigenvalue weighted by molar-refractivity contribution is -0.152. The summed E-state index contributed by atoms with van der Waals surface area (Å²) < 4.78 is 0. The van der Waals surface area contributed by atoms with Gasteiger partial charge in [0.05, 0.1) is 11.1 Å². The van der Waals surface area contributed by atoms with Crippen molar-refractivity contribution in [2.75, 3.05) is 6.54 Å². The summed E-state index contributed by atoms with van der Waals surface area (Å²) in [6, 6.07) is 0. The maximum Gasteiger partial charge on any atom is 0.234 e. The van der Waals surface area contributed by atoms with Crippen molar-refractivity contribution in [1.82, 2.24) is 20.3 Å². The number of rotatable bonds is 2. The van der Waals surface area contributed by atoms with Crippen molar-refractivity contribution in [3.05, 3.63) is 35.8 Å². The molecule has 1 N–H and O–H groups in total. The molecule has 1 aromatic heterocycles. The molecule has 94 valence electrons. The maximum atomic E-state index is 12.0. The third-order valence-electron chi connectivity index (χ3n) is 3.56. The van der Waals surface area contributed by atoms with Gasteiger partial charge in [-0.1, -0.05) is 17.4 Å². The topological polar surface area (TPSA) is 61.9 Å². The van der Waals surface area contributed by atoms with E-state index in [2.05, 4.69) is 27.6 Å². The van der Waals surface area contributed by atoms with Gasteiger partial charge in [-0.05, 0) is 26.3 Å². The summed E-state index contributed by atoms with van der Waals surface area (Å²) in [5.74, 6) is 0.402. The Bertz CT molecular complexity index is 527. The molecule has 1 unspecified atom stereocenters. The number of aromatic amines is 1. The maximum absolute atomic E-state index is 12.0. The molecule has 18 heavy (non-hydrogen) atoms. The molecule has 3 rings (SSSR count). The van der Waals surface area contributed by atoms with Gasteiger partial charge >= 0.3 is 0 Å². The van der Waals surface area contributed by atoms with E-state index in [1.807, 2.05) is 24.8 Å². The van der Waals surface area contributed by atoms with Crippen LogP contribution in [-0.4, -0.2) is 32.8 Å². The zero-order valence-electron chi connectivity index (χ0n) is 10.6. The standard InChI is InChI=1S/C13H16N4O/c1-13(2)8-17(12(13)18)10-5-3-4-9(6-10)11-7-14-16-15-11/h3,5-7,9H,4,8H2,1-2H3,(H,14,15,16). The molecule has 5 heteroatoms. The van der Waals surface area contributed by atoms with E-state index in [4.69, 9.17) is 0 Å². The molecule has 0 spiro atoms. The van der Waals surface area contributed by atoms with Crippen molar-refractivity contribution < 1.29 is 4.79 Å². The molecule has 5 nitrogen and oxygen atoms in total. The van der Waals surface area contributed by atoms with Crippen LogP contribution < -0.4 is 0 Å². The minimum Gasteiger partial charge on any atom is -0.311 e. The Kier molecular flexibility index (Phi) is 2.36. The Labute approximate surface area is 106 Å². The fraction of sp³-hybridized carbons (Fsp3) is 0.462. The first-order valence-electron chi connectivity index (χ1n) is 6.14. The summed E-state index contributed by atoms with van der Waals surface area (Å²) >= 11 is 0. The lowest BCUT2D eigenvalue weighted by atomic mass is 9.81. The number of hydrogen-bond donors (Lipinski definition) is 1. The van der Waals surface area contributed by atoms with Crippen molar-refractivity contribution in [1.29, 1.82) is 0 Å². The molecule has 1 aliphatic heterocycles. The Hall–Kier alpha value is -1.91. The molecule has 1 atom stereocenters. The normalized spacial score (nSPS) is 25.9. The number of aromatic nitrogens is 3. The number of carbonyl (C=O) groups excluding carboxylic acids is 1. The highest BCUT2D eigenvalue weighted by molar-refractivity contribution is 5.90. The molecule has 1 aliphatic carbocycles. The summed E-state index contributed by atoms with van der Waals surface area (Å²) in [5, 5.41) is 10.5. The number of H-pyrrole nitrogens is 1. The average molecular weight is 244 g/mol. The minimum atomic E-state index is -0.213. The molecule has 2 aliphatic rings. The molecule has 1 aromatic rings. The summed E-state index contributed by atoms with van der Waals surface area (Å²) in [4.78, 5) is 13.8. The van der Waals surface area contributed by atoms with E-state index in [1.165, 1.54) is 0 Å². The van der Waals surface area contributed by atoms with Gasteiger partial charge in [0, 0.05) is 24.4 Å². The van der Waals surface area contributed by atoms with E-state index >= 15 is 0 Å². The molecule has 1 amide bonds. The first-order chi connectivity index (χ1) is 8.58. The predicted octanol–water partition coefficient (Wildman–Crippen LogP) is 1.60. The van der Waals surface area contributed by atoms with E-state index in [9.17, 15) is 4.79 Å². The number of carbonyl (C=O) groups is 1. The number of likely N-dealkylation sites (tertiary alicyclic amines) is 1. The van der Waals surface area contributed by atoms with Gasteiger partial charge in [0.15, 0.2) is 0 Å². The van der Waals surface area contributed by atoms with Crippen molar-refractivity contribution in [3.8, 4) is 0 Å². The quantitative estimate of drug-likeness (QED) is 0.804. The highest BCUT2D eigenvalue weighted by Gasteiger charge is 2.45. The summed E-state index contributed by atoms with van der Waals surface area (Å²) in [6.45, 7) is 4.75. The SMILES string of the molecule is CC1(C)CN(C2=CC(c3c[nH]nn3)CC=C2)C1=O. The van der Waals surface area contributed by atoms with Gasteiger partial charge in [-0.25, -0.2) is 0 Å². The fourth-order valence-corrected chi connectivity index (χ4v) is 2.46. The Morgan fingerprint density at radius 1 is 1.50 bits per heavy atom. The Morgan fingerprint density at radius 2 is 2.33 bits per heavy atom. The van der Waals surface area contributed by atoms with Crippen LogP contribution in [-0.2, 0) is 4.79 Å². The molecule has 0 radical (unpaired) electrons. The van der Waals surface area contributed by atoms with E-state index in [0.717, 1.165) is 24.4 Å². The average Bonchev–Trinajstić information content (AvgIpc) is 2.90. The number of hydrogen-bond acceptors (Lipinski definition) is 3. The van der Waals surface area contributed by atoms with Crippen molar-refractivity contribution >= 4 is 5.91 Å². The molecule has 0 aromatic carbocycles. The lowest BCUT2D eigenvalue weighted by Crippen LogP contribution is -2.57. The lowest BCUT2D eigenvalue weighted by Gasteiger charge is -2.45. The largest absolute Gasteiger partial charge is 0.311 e. The van der Waals surface area contributed by atoms with E-state index in [-0.39, 0.29) is 17.2 Å². The molecule has 1 saturated heterocycles. The van der Waals surface area contributed by atoms with Crippen LogP contribution in [0, 0.1) is 5.41 Å². The van der Waals surface area contributed by atoms with Gasteiger partial charge in [0.2, 0.25) is 5.91 Å². The molecule has 1 fully saturated rings. The van der Waals surface area contributed by atoms with Crippen LogP contribution in [0.3, 0.4) is 0 Å². The number of β-lactam (4-membered cyclic amide) rings is 1. The van der Waals surface area contributed by atoms with Gasteiger partial charge in [-0.2, -0.15) is 0 Å². The van der Waals surface area contributed by atoms with Gasteiger partial charge in [0.25, 0.3) is 0 Å². The molecule has 0 bridgehead atoms. The Balaban J connectivity index is 1.81. The number of nitrogens with zero attached hydrogens (tertiary/aromatic N) is 3. The first-order valence-corrected chi connectivity index (χ1v) is 6.14. The first kappa shape index (κ1) is 11.2. The molecule has 0 saturated carbocycles. The predicted molar refractivity (Wildman–Crippen MR) is 66.5 cm³/mol. The van der Waals surface area contributed by atoms with Crippen LogP contribution in [0.15, 0.2) is 30.1 Å². The third kappa shape index (κ3) is 1.66. The van der Waals surface area contributed by atoms with Gasteiger partial charge < -0.3 is 4.90 Å². The van der Waals surface area contributed by atoms with Crippen LogP contribution in [0.4, 0.5) is 0 Å².